The molecule has 0 aromatic carbocycles. The van der Waals surface area contributed by atoms with Crippen LogP contribution in [0.3, 0.4) is 0 Å². The fourth-order valence-electron chi connectivity index (χ4n) is 3.06. The molecule has 15 heavy (non-hydrogen) atoms. The average molecular weight is 212 g/mol. The van der Waals surface area contributed by atoms with E-state index in [1.807, 2.05) is 0 Å². The van der Waals surface area contributed by atoms with Gasteiger partial charge in [-0.2, -0.15) is 0 Å². The highest BCUT2D eigenvalue weighted by molar-refractivity contribution is 4.87. The van der Waals surface area contributed by atoms with Crippen LogP contribution in [0.5, 0.6) is 0 Å². The summed E-state index contributed by atoms with van der Waals surface area (Å²) in [5.41, 5.74) is 5.89. The van der Waals surface area contributed by atoms with Gasteiger partial charge < -0.3 is 16.2 Å². The zero-order chi connectivity index (χ0) is 10.7. The molecule has 0 amide bonds. The summed E-state index contributed by atoms with van der Waals surface area (Å²) in [7, 11) is 0. The molecule has 88 valence electrons. The maximum Gasteiger partial charge on any atom is 0.0474 e. The van der Waals surface area contributed by atoms with Crippen molar-refractivity contribution >= 4 is 0 Å². The fourth-order valence-corrected chi connectivity index (χ4v) is 3.06. The highest BCUT2D eigenvalue weighted by atomic mass is 16.3. The second kappa shape index (κ2) is 5.28. The third-order valence-electron chi connectivity index (χ3n) is 4.12. The second-order valence-corrected chi connectivity index (χ2v) is 5.26. The number of hydrogen-bond acceptors (Lipinski definition) is 3. The molecule has 0 saturated heterocycles. The molecular weight excluding hydrogens is 188 g/mol. The van der Waals surface area contributed by atoms with Gasteiger partial charge in [-0.25, -0.2) is 0 Å². The first-order valence-electron chi connectivity index (χ1n) is 6.42. The minimum absolute atomic E-state index is 0.351. The number of aliphatic hydroxyl groups is 1. The molecule has 2 aliphatic rings. The third kappa shape index (κ3) is 2.92. The van der Waals surface area contributed by atoms with E-state index in [1.165, 1.54) is 32.1 Å². The van der Waals surface area contributed by atoms with Gasteiger partial charge in [0.05, 0.1) is 0 Å². The highest BCUT2D eigenvalue weighted by Gasteiger charge is 2.29. The molecule has 3 nitrogen and oxygen atoms in total. The van der Waals surface area contributed by atoms with Gasteiger partial charge in [0.25, 0.3) is 0 Å². The Morgan fingerprint density at radius 2 is 1.80 bits per heavy atom. The predicted octanol–water partition coefficient (Wildman–Crippen LogP) is 1.01. The van der Waals surface area contributed by atoms with Crippen LogP contribution in [-0.4, -0.2) is 29.8 Å². The normalized spacial score (nSPS) is 42.0. The van der Waals surface area contributed by atoms with E-state index < -0.39 is 0 Å². The van der Waals surface area contributed by atoms with E-state index in [0.29, 0.717) is 30.7 Å². The minimum atomic E-state index is 0.351. The van der Waals surface area contributed by atoms with Crippen LogP contribution >= 0.6 is 0 Å². The maximum absolute atomic E-state index is 9.25. The first-order valence-corrected chi connectivity index (χ1v) is 6.42. The Balaban J connectivity index is 1.76. The van der Waals surface area contributed by atoms with Gasteiger partial charge >= 0.3 is 0 Å². The van der Waals surface area contributed by atoms with Crippen LogP contribution in [0.2, 0.25) is 0 Å². The zero-order valence-electron chi connectivity index (χ0n) is 9.49. The van der Waals surface area contributed by atoms with Crippen molar-refractivity contribution in [3.63, 3.8) is 0 Å². The Kier molecular flexibility index (Phi) is 4.00. The summed E-state index contributed by atoms with van der Waals surface area (Å²) in [6.45, 7) is 0.351. The van der Waals surface area contributed by atoms with Crippen molar-refractivity contribution in [1.29, 1.82) is 0 Å². The maximum atomic E-state index is 9.25. The lowest BCUT2D eigenvalue weighted by Gasteiger charge is -2.31. The van der Waals surface area contributed by atoms with Gasteiger partial charge in [0.2, 0.25) is 0 Å². The van der Waals surface area contributed by atoms with Crippen molar-refractivity contribution in [2.24, 2.45) is 11.7 Å². The zero-order valence-corrected chi connectivity index (χ0v) is 9.49. The molecule has 0 spiro atoms. The van der Waals surface area contributed by atoms with E-state index in [9.17, 15) is 5.11 Å². The summed E-state index contributed by atoms with van der Waals surface area (Å²) in [4.78, 5) is 0. The topological polar surface area (TPSA) is 58.3 Å². The van der Waals surface area contributed by atoms with Gasteiger partial charge in [-0.3, -0.25) is 0 Å². The molecule has 2 rings (SSSR count). The average Bonchev–Trinajstić information content (AvgIpc) is 2.69. The van der Waals surface area contributed by atoms with Crippen molar-refractivity contribution in [3.8, 4) is 0 Å². The molecule has 0 aromatic heterocycles. The van der Waals surface area contributed by atoms with Gasteiger partial charge in [0.15, 0.2) is 0 Å². The van der Waals surface area contributed by atoms with E-state index in [-0.39, 0.29) is 0 Å². The first kappa shape index (κ1) is 11.4. The number of nitrogens with one attached hydrogen (secondary N) is 1. The van der Waals surface area contributed by atoms with Gasteiger partial charge in [0.1, 0.15) is 0 Å². The molecule has 0 bridgehead atoms. The molecule has 0 aromatic rings. The van der Waals surface area contributed by atoms with Crippen molar-refractivity contribution in [1.82, 2.24) is 5.32 Å². The van der Waals surface area contributed by atoms with Gasteiger partial charge in [0, 0.05) is 24.7 Å². The predicted molar refractivity (Wildman–Crippen MR) is 61.6 cm³/mol. The summed E-state index contributed by atoms with van der Waals surface area (Å²) in [5, 5.41) is 13.0. The molecule has 3 heteroatoms. The lowest BCUT2D eigenvalue weighted by atomic mass is 9.90. The standard InChI is InChI=1S/C12H24N2O/c13-10-4-6-11(7-5-10)14-12-3-1-2-9(12)8-15/h9-12,14-15H,1-8,13H2. The molecule has 2 unspecified atom stereocenters. The van der Waals surface area contributed by atoms with Crippen LogP contribution in [0.15, 0.2) is 0 Å². The van der Waals surface area contributed by atoms with Crippen molar-refractivity contribution in [2.75, 3.05) is 6.61 Å². The monoisotopic (exact) mass is 212 g/mol. The van der Waals surface area contributed by atoms with E-state index in [4.69, 9.17) is 5.73 Å². The second-order valence-electron chi connectivity index (χ2n) is 5.26. The van der Waals surface area contributed by atoms with E-state index >= 15 is 0 Å². The van der Waals surface area contributed by atoms with Crippen LogP contribution in [-0.2, 0) is 0 Å². The Morgan fingerprint density at radius 1 is 1.07 bits per heavy atom. The van der Waals surface area contributed by atoms with E-state index in [2.05, 4.69) is 5.32 Å². The highest BCUT2D eigenvalue weighted by Crippen LogP contribution is 2.27. The molecule has 0 radical (unpaired) electrons. The number of aliphatic hydroxyl groups excluding tert-OH is 1. The minimum Gasteiger partial charge on any atom is -0.396 e. The SMILES string of the molecule is NC1CCC(NC2CCCC2CO)CC1. The summed E-state index contributed by atoms with van der Waals surface area (Å²) in [6.07, 6.45) is 8.47. The molecule has 4 N–H and O–H groups in total. The fraction of sp³-hybridized carbons (Fsp3) is 1.00. The summed E-state index contributed by atoms with van der Waals surface area (Å²) >= 11 is 0. The molecule has 2 saturated carbocycles. The third-order valence-corrected chi connectivity index (χ3v) is 4.12. The first-order chi connectivity index (χ1) is 7.29. The number of hydrogen-bond donors (Lipinski definition) is 3. The Bertz CT molecular complexity index is 190. The lowest BCUT2D eigenvalue weighted by Crippen LogP contribution is -2.44. The Morgan fingerprint density at radius 3 is 2.47 bits per heavy atom. The van der Waals surface area contributed by atoms with Crippen LogP contribution in [0.4, 0.5) is 0 Å². The molecular formula is C12H24N2O. The van der Waals surface area contributed by atoms with Crippen LogP contribution in [0.1, 0.15) is 44.9 Å². The summed E-state index contributed by atoms with van der Waals surface area (Å²) in [6, 6.07) is 1.65. The lowest BCUT2D eigenvalue weighted by molar-refractivity contribution is 0.191. The molecule has 0 heterocycles. The summed E-state index contributed by atoms with van der Waals surface area (Å²) in [5.74, 6) is 0.501. The number of nitrogens with two attached hydrogens (primary N) is 1. The quantitative estimate of drug-likeness (QED) is 0.654. The molecule has 2 fully saturated rings. The van der Waals surface area contributed by atoms with Crippen molar-refractivity contribution in [3.05, 3.63) is 0 Å². The van der Waals surface area contributed by atoms with Crippen LogP contribution in [0.25, 0.3) is 0 Å². The van der Waals surface area contributed by atoms with E-state index in [1.54, 1.807) is 0 Å². The summed E-state index contributed by atoms with van der Waals surface area (Å²) < 4.78 is 0. The Labute approximate surface area is 92.4 Å². The molecule has 2 atom stereocenters. The molecule has 0 aliphatic heterocycles. The van der Waals surface area contributed by atoms with Gasteiger partial charge in [-0.15, -0.1) is 0 Å². The van der Waals surface area contributed by atoms with Gasteiger partial charge in [-0.1, -0.05) is 6.42 Å². The van der Waals surface area contributed by atoms with Crippen LogP contribution < -0.4 is 11.1 Å². The molecule has 2 aliphatic carbocycles. The van der Waals surface area contributed by atoms with Crippen LogP contribution in [0, 0.1) is 5.92 Å². The smallest absolute Gasteiger partial charge is 0.0474 e. The van der Waals surface area contributed by atoms with Crippen molar-refractivity contribution < 1.29 is 5.11 Å². The number of rotatable bonds is 3. The largest absolute Gasteiger partial charge is 0.396 e. The Hall–Kier alpha value is -0.120. The van der Waals surface area contributed by atoms with Crippen molar-refractivity contribution in [2.45, 2.75) is 63.1 Å². The van der Waals surface area contributed by atoms with E-state index in [0.717, 1.165) is 12.8 Å². The van der Waals surface area contributed by atoms with Gasteiger partial charge in [-0.05, 0) is 44.4 Å².